The van der Waals surface area contributed by atoms with Gasteiger partial charge >= 0.3 is 0 Å². The van der Waals surface area contributed by atoms with Crippen molar-refractivity contribution in [1.82, 2.24) is 20.4 Å². The van der Waals surface area contributed by atoms with E-state index >= 15 is 0 Å². The van der Waals surface area contributed by atoms with Crippen molar-refractivity contribution in [2.45, 2.75) is 38.6 Å². The third-order valence-electron chi connectivity index (χ3n) is 7.29. The molecule has 0 unspecified atom stereocenters. The van der Waals surface area contributed by atoms with Crippen LogP contribution in [-0.2, 0) is 19.1 Å². The Morgan fingerprint density at radius 1 is 1.12 bits per heavy atom. The number of amides is 3. The molecule has 0 aromatic carbocycles. The molecule has 2 aliphatic heterocycles. The van der Waals surface area contributed by atoms with E-state index in [9.17, 15) is 14.4 Å². The van der Waals surface area contributed by atoms with Gasteiger partial charge in [0.1, 0.15) is 6.04 Å². The second-order valence-corrected chi connectivity index (χ2v) is 9.21. The van der Waals surface area contributed by atoms with E-state index < -0.39 is 17.9 Å². The van der Waals surface area contributed by atoms with Crippen LogP contribution in [0.15, 0.2) is 12.2 Å². The quantitative estimate of drug-likeness (QED) is 0.293. The number of hydrogen-bond donors (Lipinski definition) is 3. The minimum atomic E-state index is -0.609. The van der Waals surface area contributed by atoms with Gasteiger partial charge in [0, 0.05) is 52.3 Å². The van der Waals surface area contributed by atoms with Crippen molar-refractivity contribution in [3.8, 4) is 0 Å². The Balaban J connectivity index is 1.75. The summed E-state index contributed by atoms with van der Waals surface area (Å²) in [5.74, 6) is -1.71. The van der Waals surface area contributed by atoms with Crippen LogP contribution in [-0.4, -0.2) is 98.3 Å². The molecule has 186 valence electrons. The molecule has 2 heterocycles. The fourth-order valence-electron chi connectivity index (χ4n) is 5.49. The number of carbonyl (C=O) groups excluding carboxylic acids is 3. The second-order valence-electron chi connectivity index (χ2n) is 9.21. The van der Waals surface area contributed by atoms with Crippen LogP contribution in [0, 0.1) is 23.7 Å². The fourth-order valence-corrected chi connectivity index (χ4v) is 5.49. The molecule has 0 aromatic heterocycles. The van der Waals surface area contributed by atoms with Crippen LogP contribution in [0.1, 0.15) is 32.6 Å². The minimum Gasteiger partial charge on any atom is -0.396 e. The number of ether oxygens (including phenoxy) is 1. The zero-order valence-corrected chi connectivity index (χ0v) is 20.0. The maximum Gasteiger partial charge on any atom is 0.243 e. The van der Waals surface area contributed by atoms with Crippen molar-refractivity contribution in [2.24, 2.45) is 23.7 Å². The normalized spacial score (nSPS) is 29.7. The van der Waals surface area contributed by atoms with Crippen molar-refractivity contribution >= 4 is 17.7 Å². The molecule has 3 rings (SSSR count). The molecular formula is C24H40N4O5. The number of nitrogens with zero attached hydrogens (tertiary/aromatic N) is 2. The van der Waals surface area contributed by atoms with Crippen LogP contribution in [0.3, 0.4) is 0 Å². The zero-order valence-electron chi connectivity index (χ0n) is 20.0. The number of unbranched alkanes of at least 4 members (excludes halogenated alkanes) is 2. The van der Waals surface area contributed by atoms with Gasteiger partial charge in [-0.2, -0.15) is 0 Å². The molecule has 0 aromatic rings. The lowest BCUT2D eigenvalue weighted by molar-refractivity contribution is -0.140. The summed E-state index contributed by atoms with van der Waals surface area (Å²) in [7, 11) is 1.60. The van der Waals surface area contributed by atoms with Crippen molar-refractivity contribution in [2.75, 3.05) is 59.6 Å². The van der Waals surface area contributed by atoms with Crippen molar-refractivity contribution < 1.29 is 24.2 Å². The monoisotopic (exact) mass is 464 g/mol. The maximum atomic E-state index is 13.6. The maximum absolute atomic E-state index is 13.6. The van der Waals surface area contributed by atoms with E-state index in [1.807, 2.05) is 19.1 Å². The Morgan fingerprint density at radius 3 is 2.55 bits per heavy atom. The number of nitrogens with one attached hydrogen (secondary N) is 2. The van der Waals surface area contributed by atoms with E-state index in [0.717, 1.165) is 38.9 Å². The first-order valence-electron chi connectivity index (χ1n) is 12.4. The van der Waals surface area contributed by atoms with E-state index in [1.165, 1.54) is 0 Å². The summed E-state index contributed by atoms with van der Waals surface area (Å²) in [6, 6.07) is -0.609. The van der Waals surface area contributed by atoms with Crippen LogP contribution in [0.5, 0.6) is 0 Å². The molecule has 0 saturated carbocycles. The molecule has 1 aliphatic carbocycles. The van der Waals surface area contributed by atoms with Crippen molar-refractivity contribution in [3.05, 3.63) is 12.2 Å². The van der Waals surface area contributed by atoms with Crippen LogP contribution < -0.4 is 10.6 Å². The van der Waals surface area contributed by atoms with Crippen LogP contribution in [0.2, 0.25) is 0 Å². The molecule has 2 saturated heterocycles. The summed E-state index contributed by atoms with van der Waals surface area (Å²) in [5.41, 5.74) is 0. The molecule has 9 heteroatoms. The molecule has 3 aliphatic rings. The fraction of sp³-hybridized carbons (Fsp3) is 0.792. The number of morpholine rings is 1. The SMILES string of the molecule is CC[C@@H]1C=C[C@H]2[C@H](C(=O)N(CCCCCO)[C@@H]2C(=O)NCCN2CCOCC2)[C@@H]1C(=O)NC. The van der Waals surface area contributed by atoms with Gasteiger partial charge in [0.15, 0.2) is 0 Å². The molecule has 0 bridgehead atoms. The Bertz CT molecular complexity index is 709. The van der Waals surface area contributed by atoms with Crippen LogP contribution >= 0.6 is 0 Å². The van der Waals surface area contributed by atoms with Gasteiger partial charge in [0.05, 0.1) is 25.0 Å². The summed E-state index contributed by atoms with van der Waals surface area (Å²) < 4.78 is 5.38. The van der Waals surface area contributed by atoms with Crippen LogP contribution in [0.4, 0.5) is 0 Å². The summed E-state index contributed by atoms with van der Waals surface area (Å²) in [4.78, 5) is 43.7. The average molecular weight is 465 g/mol. The molecule has 5 atom stereocenters. The smallest absolute Gasteiger partial charge is 0.243 e. The largest absolute Gasteiger partial charge is 0.396 e. The minimum absolute atomic E-state index is 0.0190. The molecular weight excluding hydrogens is 424 g/mol. The molecule has 0 radical (unpaired) electrons. The number of hydrogen-bond acceptors (Lipinski definition) is 6. The van der Waals surface area contributed by atoms with Gasteiger partial charge < -0.3 is 25.4 Å². The highest BCUT2D eigenvalue weighted by atomic mass is 16.5. The summed E-state index contributed by atoms with van der Waals surface area (Å²) in [6.45, 7) is 6.98. The van der Waals surface area contributed by atoms with Gasteiger partial charge in [-0.15, -0.1) is 0 Å². The third kappa shape index (κ3) is 5.94. The molecule has 33 heavy (non-hydrogen) atoms. The van der Waals surface area contributed by atoms with Gasteiger partial charge in [-0.05, 0) is 31.6 Å². The predicted molar refractivity (Wildman–Crippen MR) is 124 cm³/mol. The van der Waals surface area contributed by atoms with Gasteiger partial charge in [-0.3, -0.25) is 19.3 Å². The molecule has 3 amide bonds. The first-order chi connectivity index (χ1) is 16.0. The van der Waals surface area contributed by atoms with E-state index in [4.69, 9.17) is 9.84 Å². The zero-order chi connectivity index (χ0) is 23.8. The topological polar surface area (TPSA) is 111 Å². The van der Waals surface area contributed by atoms with E-state index in [-0.39, 0.29) is 36.2 Å². The Hall–Kier alpha value is -1.97. The number of carbonyl (C=O) groups is 3. The summed E-state index contributed by atoms with van der Waals surface area (Å²) in [5, 5.41) is 14.9. The van der Waals surface area contributed by atoms with Gasteiger partial charge in [0.25, 0.3) is 0 Å². The van der Waals surface area contributed by atoms with Crippen LogP contribution in [0.25, 0.3) is 0 Å². The van der Waals surface area contributed by atoms with Crippen molar-refractivity contribution in [1.29, 1.82) is 0 Å². The number of allylic oxidation sites excluding steroid dienone is 1. The standard InChI is InChI=1S/C24H40N4O5/c1-3-17-7-8-18-20(19(17)22(30)25-2)24(32)28(10-5-4-6-14-29)21(18)23(31)26-9-11-27-12-15-33-16-13-27/h7-8,17-21,29H,3-6,9-16H2,1-2H3,(H,25,30)(H,26,31)/t17-,18+,19-,20+,21+/m1/s1. The summed E-state index contributed by atoms with van der Waals surface area (Å²) in [6.07, 6.45) is 6.96. The number of likely N-dealkylation sites (tertiary alicyclic amines) is 1. The predicted octanol–water partition coefficient (Wildman–Crippen LogP) is -0.00120. The molecule has 3 N–H and O–H groups in total. The number of fused-ring (bicyclic) bond motifs is 1. The first-order valence-corrected chi connectivity index (χ1v) is 12.4. The van der Waals surface area contributed by atoms with Gasteiger partial charge in [0.2, 0.25) is 17.7 Å². The lowest BCUT2D eigenvalue weighted by Crippen LogP contribution is -2.49. The highest BCUT2D eigenvalue weighted by Gasteiger charge is 2.56. The second kappa shape index (κ2) is 12.5. The summed E-state index contributed by atoms with van der Waals surface area (Å²) >= 11 is 0. The Labute approximate surface area is 196 Å². The van der Waals surface area contributed by atoms with Crippen molar-refractivity contribution in [3.63, 3.8) is 0 Å². The van der Waals surface area contributed by atoms with E-state index in [0.29, 0.717) is 32.7 Å². The Kier molecular flexibility index (Phi) is 9.70. The lowest BCUT2D eigenvalue weighted by Gasteiger charge is -2.34. The molecule has 9 nitrogen and oxygen atoms in total. The van der Waals surface area contributed by atoms with E-state index in [2.05, 4.69) is 15.5 Å². The van der Waals surface area contributed by atoms with Gasteiger partial charge in [-0.25, -0.2) is 0 Å². The number of aliphatic hydroxyl groups is 1. The third-order valence-corrected chi connectivity index (χ3v) is 7.29. The molecule has 2 fully saturated rings. The van der Waals surface area contributed by atoms with Gasteiger partial charge in [-0.1, -0.05) is 19.1 Å². The highest BCUT2D eigenvalue weighted by Crippen LogP contribution is 2.44. The highest BCUT2D eigenvalue weighted by molar-refractivity contribution is 5.96. The molecule has 0 spiro atoms. The first kappa shape index (κ1) is 25.6. The number of aliphatic hydroxyl groups excluding tert-OH is 1. The van der Waals surface area contributed by atoms with E-state index in [1.54, 1.807) is 11.9 Å². The average Bonchev–Trinajstić information content (AvgIpc) is 3.12. The number of rotatable bonds is 11. The Morgan fingerprint density at radius 2 is 1.88 bits per heavy atom. The lowest BCUT2D eigenvalue weighted by atomic mass is 9.69.